The maximum Gasteiger partial charge on any atom is 0.257 e. The summed E-state index contributed by atoms with van der Waals surface area (Å²) in [4.78, 5) is 19.2. The van der Waals surface area contributed by atoms with Gasteiger partial charge in [-0.2, -0.15) is 0 Å². The molecule has 0 unspecified atom stereocenters. The molecule has 1 amide bonds. The van der Waals surface area contributed by atoms with Crippen molar-refractivity contribution in [2.24, 2.45) is 0 Å². The van der Waals surface area contributed by atoms with Gasteiger partial charge in [0.25, 0.3) is 5.91 Å². The summed E-state index contributed by atoms with van der Waals surface area (Å²) in [7, 11) is -3.40. The van der Waals surface area contributed by atoms with Crippen molar-refractivity contribution >= 4 is 49.4 Å². The Morgan fingerprint density at radius 3 is 2.74 bits per heavy atom. The number of anilines is 2. The molecule has 2 aromatic heterocycles. The zero-order valence-electron chi connectivity index (χ0n) is 14.9. The predicted molar refractivity (Wildman–Crippen MR) is 112 cm³/mol. The van der Waals surface area contributed by atoms with Crippen molar-refractivity contribution in [3.8, 4) is 10.6 Å². The minimum Gasteiger partial charge on any atom is -0.298 e. The van der Waals surface area contributed by atoms with Crippen LogP contribution in [0.4, 0.5) is 10.8 Å². The average molecular weight is 422 g/mol. The number of aryl methyl sites for hydroxylation is 1. The second-order valence-electron chi connectivity index (χ2n) is 5.90. The summed E-state index contributed by atoms with van der Waals surface area (Å²) in [6.45, 7) is 3.83. The number of nitrogens with one attached hydrogen (secondary N) is 2. The Bertz CT molecular complexity index is 1050. The Morgan fingerprint density at radius 2 is 2.04 bits per heavy atom. The maximum atomic E-state index is 12.5. The minimum atomic E-state index is -3.40. The topological polar surface area (TPSA) is 88.2 Å². The van der Waals surface area contributed by atoms with E-state index in [2.05, 4.69) is 15.0 Å². The fourth-order valence-electron chi connectivity index (χ4n) is 2.41. The largest absolute Gasteiger partial charge is 0.298 e. The summed E-state index contributed by atoms with van der Waals surface area (Å²) in [5.74, 6) is -0.303. The lowest BCUT2D eigenvalue weighted by Crippen LogP contribution is -2.17. The lowest BCUT2D eigenvalue weighted by molar-refractivity contribution is 0.102. The van der Waals surface area contributed by atoms with E-state index in [1.54, 1.807) is 36.5 Å². The lowest BCUT2D eigenvalue weighted by Gasteiger charge is -2.08. The highest BCUT2D eigenvalue weighted by atomic mass is 32.2. The first-order chi connectivity index (χ1) is 12.9. The molecule has 0 aliphatic rings. The Balaban J connectivity index is 1.71. The summed E-state index contributed by atoms with van der Waals surface area (Å²) in [6.07, 6.45) is 0.519. The molecule has 0 bridgehead atoms. The standard InChI is InChI=1S/C18H19N3O3S3/c1-3-9-27(23,24)21-14-6-4-5-13(10-14)17(22)20-18-19-15(11-25-18)16-8-7-12(2)26-16/h4-8,10-11,21H,3,9H2,1-2H3,(H,19,20,22). The number of hydrogen-bond donors (Lipinski definition) is 2. The summed E-state index contributed by atoms with van der Waals surface area (Å²) < 4.78 is 26.3. The highest BCUT2D eigenvalue weighted by Crippen LogP contribution is 2.30. The van der Waals surface area contributed by atoms with E-state index in [0.717, 1.165) is 10.6 Å². The van der Waals surface area contributed by atoms with Crippen LogP contribution in [0.2, 0.25) is 0 Å². The van der Waals surface area contributed by atoms with Crippen molar-refractivity contribution in [2.45, 2.75) is 20.3 Å². The molecule has 0 saturated heterocycles. The first-order valence-electron chi connectivity index (χ1n) is 8.30. The van der Waals surface area contributed by atoms with Crippen LogP contribution in [0.15, 0.2) is 41.8 Å². The van der Waals surface area contributed by atoms with E-state index in [1.807, 2.05) is 24.4 Å². The van der Waals surface area contributed by atoms with Gasteiger partial charge in [0.2, 0.25) is 10.0 Å². The maximum absolute atomic E-state index is 12.5. The van der Waals surface area contributed by atoms with Crippen LogP contribution in [0.25, 0.3) is 10.6 Å². The first-order valence-corrected chi connectivity index (χ1v) is 11.7. The van der Waals surface area contributed by atoms with Gasteiger partial charge in [0.1, 0.15) is 0 Å². The third-order valence-electron chi connectivity index (χ3n) is 3.59. The number of thiazole rings is 1. The number of benzene rings is 1. The number of amides is 1. The molecule has 142 valence electrons. The van der Waals surface area contributed by atoms with E-state index < -0.39 is 10.0 Å². The SMILES string of the molecule is CCCS(=O)(=O)Nc1cccc(C(=O)Nc2nc(-c3ccc(C)s3)cs2)c1. The molecule has 0 aliphatic heterocycles. The van der Waals surface area contributed by atoms with Crippen molar-refractivity contribution in [2.75, 3.05) is 15.8 Å². The van der Waals surface area contributed by atoms with E-state index in [4.69, 9.17) is 0 Å². The van der Waals surface area contributed by atoms with E-state index >= 15 is 0 Å². The highest BCUT2D eigenvalue weighted by molar-refractivity contribution is 7.92. The van der Waals surface area contributed by atoms with E-state index in [0.29, 0.717) is 22.8 Å². The number of thiophene rings is 1. The molecule has 6 nitrogen and oxygen atoms in total. The van der Waals surface area contributed by atoms with Gasteiger partial charge in [-0.15, -0.1) is 22.7 Å². The number of carbonyl (C=O) groups is 1. The van der Waals surface area contributed by atoms with Gasteiger partial charge in [0.05, 0.1) is 16.3 Å². The zero-order valence-corrected chi connectivity index (χ0v) is 17.3. The molecular weight excluding hydrogens is 402 g/mol. The molecule has 1 aromatic carbocycles. The van der Waals surface area contributed by atoms with Crippen molar-refractivity contribution in [1.82, 2.24) is 4.98 Å². The molecule has 0 spiro atoms. The Morgan fingerprint density at radius 1 is 1.22 bits per heavy atom. The summed E-state index contributed by atoms with van der Waals surface area (Å²) in [5.41, 5.74) is 1.55. The molecular formula is C18H19N3O3S3. The lowest BCUT2D eigenvalue weighted by atomic mass is 10.2. The fraction of sp³-hybridized carbons (Fsp3) is 0.222. The van der Waals surface area contributed by atoms with Crippen LogP contribution in [0.5, 0.6) is 0 Å². The van der Waals surface area contributed by atoms with Gasteiger partial charge in [-0.3, -0.25) is 14.8 Å². The molecule has 2 N–H and O–H groups in total. The van der Waals surface area contributed by atoms with Crippen LogP contribution in [-0.2, 0) is 10.0 Å². The smallest absolute Gasteiger partial charge is 0.257 e. The Hall–Kier alpha value is -2.23. The van der Waals surface area contributed by atoms with E-state index in [-0.39, 0.29) is 11.7 Å². The molecule has 3 rings (SSSR count). The van der Waals surface area contributed by atoms with E-state index in [9.17, 15) is 13.2 Å². The molecule has 3 aromatic rings. The number of carbonyl (C=O) groups excluding carboxylic acids is 1. The van der Waals surface area contributed by atoms with Gasteiger partial charge < -0.3 is 0 Å². The normalized spacial score (nSPS) is 11.3. The van der Waals surface area contributed by atoms with Crippen LogP contribution >= 0.6 is 22.7 Å². The molecule has 0 aliphatic carbocycles. The summed E-state index contributed by atoms with van der Waals surface area (Å²) in [5, 5.41) is 5.16. The van der Waals surface area contributed by atoms with Crippen molar-refractivity contribution in [3.63, 3.8) is 0 Å². The third-order valence-corrected chi connectivity index (χ3v) is 6.86. The molecule has 0 atom stereocenters. The second-order valence-corrected chi connectivity index (χ2v) is 9.89. The molecule has 0 saturated carbocycles. The average Bonchev–Trinajstić information content (AvgIpc) is 3.23. The Labute approximate surface area is 166 Å². The summed E-state index contributed by atoms with van der Waals surface area (Å²) in [6, 6.07) is 10.4. The van der Waals surface area contributed by atoms with Crippen LogP contribution in [-0.4, -0.2) is 25.1 Å². The van der Waals surface area contributed by atoms with Gasteiger partial charge >= 0.3 is 0 Å². The number of rotatable bonds is 7. The number of nitrogens with zero attached hydrogens (tertiary/aromatic N) is 1. The molecule has 2 heterocycles. The van der Waals surface area contributed by atoms with Gasteiger partial charge in [0.15, 0.2) is 5.13 Å². The minimum absolute atomic E-state index is 0.0352. The van der Waals surface area contributed by atoms with Crippen LogP contribution < -0.4 is 10.0 Å². The number of hydrogen-bond acceptors (Lipinski definition) is 6. The third kappa shape index (κ3) is 5.15. The van der Waals surface area contributed by atoms with Crippen molar-refractivity contribution in [3.05, 3.63) is 52.2 Å². The zero-order chi connectivity index (χ0) is 19.4. The highest BCUT2D eigenvalue weighted by Gasteiger charge is 2.13. The second kappa shape index (κ2) is 8.20. The Kier molecular flexibility index (Phi) is 5.93. The van der Waals surface area contributed by atoms with Gasteiger partial charge in [-0.25, -0.2) is 13.4 Å². The molecule has 0 fully saturated rings. The van der Waals surface area contributed by atoms with E-state index in [1.165, 1.54) is 22.3 Å². The number of sulfonamides is 1. The molecule has 27 heavy (non-hydrogen) atoms. The van der Waals surface area contributed by atoms with Gasteiger partial charge in [-0.05, 0) is 43.7 Å². The summed E-state index contributed by atoms with van der Waals surface area (Å²) >= 11 is 3.00. The fourth-order valence-corrected chi connectivity index (χ4v) is 5.14. The van der Waals surface area contributed by atoms with Gasteiger partial charge in [-0.1, -0.05) is 13.0 Å². The molecule has 9 heteroatoms. The quantitative estimate of drug-likeness (QED) is 0.584. The van der Waals surface area contributed by atoms with Crippen LogP contribution in [0, 0.1) is 6.92 Å². The van der Waals surface area contributed by atoms with Crippen LogP contribution in [0.3, 0.4) is 0 Å². The van der Waals surface area contributed by atoms with Crippen LogP contribution in [0.1, 0.15) is 28.6 Å². The predicted octanol–water partition coefficient (Wildman–Crippen LogP) is 4.58. The van der Waals surface area contributed by atoms with Crippen molar-refractivity contribution < 1.29 is 13.2 Å². The first kappa shape index (κ1) is 19.5. The molecule has 0 radical (unpaired) electrons. The van der Waals surface area contributed by atoms with Gasteiger partial charge in [0, 0.05) is 21.5 Å². The monoisotopic (exact) mass is 421 g/mol. The van der Waals surface area contributed by atoms with Crippen molar-refractivity contribution in [1.29, 1.82) is 0 Å². The number of aromatic nitrogens is 1.